The number of fused-ring (bicyclic) bond motifs is 1. The molecule has 0 bridgehead atoms. The van der Waals surface area contributed by atoms with Crippen LogP contribution in [-0.2, 0) is 4.74 Å². The number of benzene rings is 2. The number of ether oxygens (including phenoxy) is 1. The summed E-state index contributed by atoms with van der Waals surface area (Å²) in [5.74, 6) is 0.444. The zero-order valence-corrected chi connectivity index (χ0v) is 13.1. The molecule has 0 saturated heterocycles. The molecular weight excluding hydrogens is 316 g/mol. The highest BCUT2D eigenvalue weighted by Crippen LogP contribution is 2.21. The van der Waals surface area contributed by atoms with E-state index in [9.17, 15) is 4.79 Å². The lowest BCUT2D eigenvalue weighted by atomic mass is 10.2. The Balaban J connectivity index is 0.00000192. The minimum atomic E-state index is -0.377. The maximum atomic E-state index is 11.4. The summed E-state index contributed by atoms with van der Waals surface area (Å²) in [4.78, 5) is 20.0. The van der Waals surface area contributed by atoms with Crippen molar-refractivity contribution in [3.05, 3.63) is 54.1 Å². The first-order chi connectivity index (χ1) is 10.7. The van der Waals surface area contributed by atoms with E-state index in [0.29, 0.717) is 17.3 Å². The second kappa shape index (κ2) is 6.93. The van der Waals surface area contributed by atoms with E-state index in [1.165, 1.54) is 7.11 Å². The largest absolute Gasteiger partial charge is 0.465 e. The van der Waals surface area contributed by atoms with E-state index < -0.39 is 0 Å². The third-order valence-corrected chi connectivity index (χ3v) is 3.19. The van der Waals surface area contributed by atoms with Gasteiger partial charge in [0.1, 0.15) is 5.82 Å². The molecule has 0 aliphatic rings. The number of anilines is 3. The maximum absolute atomic E-state index is 11.4. The highest BCUT2D eigenvalue weighted by molar-refractivity contribution is 5.90. The summed E-state index contributed by atoms with van der Waals surface area (Å²) in [6.45, 7) is 0. The molecule has 3 aromatic rings. The molecule has 0 radical (unpaired) electrons. The highest BCUT2D eigenvalue weighted by Gasteiger charge is 2.07. The lowest BCUT2D eigenvalue weighted by molar-refractivity contribution is 0.0601. The molecule has 0 unspecified atom stereocenters. The van der Waals surface area contributed by atoms with Crippen LogP contribution in [-0.4, -0.2) is 23.0 Å². The zero-order valence-electron chi connectivity index (χ0n) is 12.3. The number of aromatic nitrogens is 2. The Bertz CT molecular complexity index is 837. The molecule has 0 amide bonds. The van der Waals surface area contributed by atoms with Gasteiger partial charge in [0, 0.05) is 11.1 Å². The topological polar surface area (TPSA) is 90.1 Å². The molecule has 0 atom stereocenters. The minimum Gasteiger partial charge on any atom is -0.465 e. The lowest BCUT2D eigenvalue weighted by Gasteiger charge is -2.08. The third kappa shape index (κ3) is 3.49. The first-order valence-electron chi connectivity index (χ1n) is 6.65. The first-order valence-corrected chi connectivity index (χ1v) is 6.65. The first kappa shape index (κ1) is 16.5. The molecule has 0 fully saturated rings. The van der Waals surface area contributed by atoms with E-state index in [0.717, 1.165) is 16.6 Å². The van der Waals surface area contributed by atoms with Crippen molar-refractivity contribution in [1.29, 1.82) is 0 Å². The summed E-state index contributed by atoms with van der Waals surface area (Å²) < 4.78 is 4.66. The number of nitrogens with two attached hydrogens (primary N) is 1. The van der Waals surface area contributed by atoms with Gasteiger partial charge in [0.05, 0.1) is 18.2 Å². The van der Waals surface area contributed by atoms with Crippen molar-refractivity contribution < 1.29 is 9.53 Å². The normalized spacial score (nSPS) is 9.96. The molecule has 0 aliphatic carbocycles. The molecule has 1 aromatic heterocycles. The highest BCUT2D eigenvalue weighted by atomic mass is 35.5. The van der Waals surface area contributed by atoms with Crippen LogP contribution < -0.4 is 11.1 Å². The number of nitrogens with zero attached hydrogens (tertiary/aromatic N) is 2. The SMILES string of the molecule is COC(=O)c1ccc(Nc2nc(N)c3ccccc3n2)cc1.Cl. The van der Waals surface area contributed by atoms with E-state index >= 15 is 0 Å². The molecule has 1 heterocycles. The number of rotatable bonds is 3. The monoisotopic (exact) mass is 330 g/mol. The Kier molecular flexibility index (Phi) is 4.98. The number of esters is 1. The van der Waals surface area contributed by atoms with E-state index in [1.807, 2.05) is 24.3 Å². The number of hydrogen-bond donors (Lipinski definition) is 2. The predicted molar refractivity (Wildman–Crippen MR) is 92.3 cm³/mol. The van der Waals surface area contributed by atoms with Crippen molar-refractivity contribution in [3.8, 4) is 0 Å². The van der Waals surface area contributed by atoms with Gasteiger partial charge in [-0.05, 0) is 36.4 Å². The van der Waals surface area contributed by atoms with Gasteiger partial charge in [0.15, 0.2) is 0 Å². The summed E-state index contributed by atoms with van der Waals surface area (Å²) >= 11 is 0. The molecule has 118 valence electrons. The van der Waals surface area contributed by atoms with E-state index in [-0.39, 0.29) is 18.4 Å². The van der Waals surface area contributed by atoms with Crippen LogP contribution in [0.5, 0.6) is 0 Å². The smallest absolute Gasteiger partial charge is 0.337 e. The Morgan fingerprint density at radius 1 is 1.09 bits per heavy atom. The average molecular weight is 331 g/mol. The van der Waals surface area contributed by atoms with Gasteiger partial charge in [-0.3, -0.25) is 0 Å². The summed E-state index contributed by atoms with van der Waals surface area (Å²) in [7, 11) is 1.35. The van der Waals surface area contributed by atoms with Crippen molar-refractivity contribution >= 4 is 46.7 Å². The van der Waals surface area contributed by atoms with Gasteiger partial charge in [-0.15, -0.1) is 12.4 Å². The van der Waals surface area contributed by atoms with E-state index in [4.69, 9.17) is 5.73 Å². The average Bonchev–Trinajstić information content (AvgIpc) is 2.55. The fourth-order valence-corrected chi connectivity index (χ4v) is 2.09. The third-order valence-electron chi connectivity index (χ3n) is 3.19. The number of nitrogens with one attached hydrogen (secondary N) is 1. The van der Waals surface area contributed by atoms with Crippen LogP contribution in [0, 0.1) is 0 Å². The quantitative estimate of drug-likeness (QED) is 0.717. The van der Waals surface area contributed by atoms with Crippen molar-refractivity contribution in [2.45, 2.75) is 0 Å². The van der Waals surface area contributed by atoms with Crippen LogP contribution in [0.15, 0.2) is 48.5 Å². The Morgan fingerprint density at radius 3 is 2.48 bits per heavy atom. The van der Waals surface area contributed by atoms with Gasteiger partial charge >= 0.3 is 5.97 Å². The molecule has 0 saturated carbocycles. The van der Waals surface area contributed by atoms with Crippen LogP contribution in [0.4, 0.5) is 17.5 Å². The van der Waals surface area contributed by atoms with Crippen molar-refractivity contribution in [2.24, 2.45) is 0 Å². The Labute approximate surface area is 139 Å². The van der Waals surface area contributed by atoms with E-state index in [2.05, 4.69) is 20.0 Å². The van der Waals surface area contributed by atoms with E-state index in [1.54, 1.807) is 24.3 Å². The lowest BCUT2D eigenvalue weighted by Crippen LogP contribution is -2.03. The van der Waals surface area contributed by atoms with Crippen molar-refractivity contribution in [3.63, 3.8) is 0 Å². The summed E-state index contributed by atoms with van der Waals surface area (Å²) in [5, 5.41) is 3.88. The molecule has 23 heavy (non-hydrogen) atoms. The van der Waals surface area contributed by atoms with Gasteiger partial charge < -0.3 is 15.8 Å². The van der Waals surface area contributed by atoms with Crippen LogP contribution >= 0.6 is 12.4 Å². The van der Waals surface area contributed by atoms with Gasteiger partial charge in [-0.2, -0.15) is 4.98 Å². The van der Waals surface area contributed by atoms with Gasteiger partial charge in [-0.25, -0.2) is 9.78 Å². The van der Waals surface area contributed by atoms with Crippen LogP contribution in [0.25, 0.3) is 10.9 Å². The Hall–Kier alpha value is -2.86. The second-order valence-corrected chi connectivity index (χ2v) is 4.64. The molecule has 0 aliphatic heterocycles. The fraction of sp³-hybridized carbons (Fsp3) is 0.0625. The Morgan fingerprint density at radius 2 is 1.78 bits per heavy atom. The predicted octanol–water partition coefficient (Wildman–Crippen LogP) is 3.16. The number of methoxy groups -OCH3 is 1. The molecule has 3 N–H and O–H groups in total. The number of para-hydroxylation sites is 1. The summed E-state index contributed by atoms with van der Waals surface area (Å²) in [6, 6.07) is 14.4. The van der Waals surface area contributed by atoms with Crippen LogP contribution in [0.3, 0.4) is 0 Å². The standard InChI is InChI=1S/C16H14N4O2.ClH/c1-22-15(21)10-6-8-11(9-7-10)18-16-19-13-5-3-2-4-12(13)14(17)20-16;/h2-9H,1H3,(H3,17,18,19,20);1H. The maximum Gasteiger partial charge on any atom is 0.337 e. The summed E-state index contributed by atoms with van der Waals surface area (Å²) in [6.07, 6.45) is 0. The molecular formula is C16H15ClN4O2. The number of nitrogen functional groups attached to an aromatic ring is 1. The number of halogens is 1. The zero-order chi connectivity index (χ0) is 15.5. The molecule has 0 spiro atoms. The minimum absolute atomic E-state index is 0. The molecule has 6 nitrogen and oxygen atoms in total. The van der Waals surface area contributed by atoms with Crippen LogP contribution in [0.2, 0.25) is 0 Å². The molecule has 7 heteroatoms. The van der Waals surface area contributed by atoms with Crippen LogP contribution in [0.1, 0.15) is 10.4 Å². The number of carbonyl (C=O) groups is 1. The van der Waals surface area contributed by atoms with Gasteiger partial charge in [-0.1, -0.05) is 12.1 Å². The van der Waals surface area contributed by atoms with Crippen molar-refractivity contribution in [2.75, 3.05) is 18.2 Å². The molecule has 2 aromatic carbocycles. The second-order valence-electron chi connectivity index (χ2n) is 4.64. The number of carbonyl (C=O) groups excluding carboxylic acids is 1. The summed E-state index contributed by atoms with van der Waals surface area (Å²) in [5.41, 5.74) is 7.94. The fourth-order valence-electron chi connectivity index (χ4n) is 2.09. The van der Waals surface area contributed by atoms with Gasteiger partial charge in [0.25, 0.3) is 0 Å². The molecule has 3 rings (SSSR count). The van der Waals surface area contributed by atoms with Gasteiger partial charge in [0.2, 0.25) is 5.95 Å². The van der Waals surface area contributed by atoms with Crippen molar-refractivity contribution in [1.82, 2.24) is 9.97 Å². The number of hydrogen-bond acceptors (Lipinski definition) is 6.